The second-order valence-electron chi connectivity index (χ2n) is 6.49. The zero-order valence-electron chi connectivity index (χ0n) is 12.4. The fourth-order valence-corrected chi connectivity index (χ4v) is 3.99. The normalized spacial score (nSPS) is 41.3. The fraction of sp³-hybridized carbons (Fsp3) is 0.529. The van der Waals surface area contributed by atoms with Crippen molar-refractivity contribution in [3.8, 4) is 0 Å². The van der Waals surface area contributed by atoms with Crippen LogP contribution in [0.15, 0.2) is 36.5 Å². The summed E-state index contributed by atoms with van der Waals surface area (Å²) >= 11 is 0. The highest BCUT2D eigenvalue weighted by atomic mass is 16.6. The quantitative estimate of drug-likeness (QED) is 0.423. The largest absolute Gasteiger partial charge is 0.458 e. The van der Waals surface area contributed by atoms with Gasteiger partial charge in [-0.3, -0.25) is 4.79 Å². The van der Waals surface area contributed by atoms with E-state index in [2.05, 4.69) is 26.2 Å². The zero-order chi connectivity index (χ0) is 15.4. The van der Waals surface area contributed by atoms with Crippen molar-refractivity contribution in [2.24, 2.45) is 17.3 Å². The molecule has 2 aliphatic carbocycles. The van der Waals surface area contributed by atoms with E-state index in [9.17, 15) is 9.59 Å². The van der Waals surface area contributed by atoms with Crippen molar-refractivity contribution < 1.29 is 19.1 Å². The Kier molecular flexibility index (Phi) is 3.08. The SMILES string of the molecule is C=C1[C@@H]2[C@H]3OC(=O)C(=C)[C@@H]3CC[C@@]2(C)C=C[C@H]1OC(C)=O. The summed E-state index contributed by atoms with van der Waals surface area (Å²) < 4.78 is 10.9. The van der Waals surface area contributed by atoms with Gasteiger partial charge in [0.15, 0.2) is 0 Å². The summed E-state index contributed by atoms with van der Waals surface area (Å²) in [5.41, 5.74) is 1.26. The third-order valence-electron chi connectivity index (χ3n) is 5.09. The van der Waals surface area contributed by atoms with E-state index in [1.165, 1.54) is 6.92 Å². The van der Waals surface area contributed by atoms with Crippen molar-refractivity contribution in [1.82, 2.24) is 0 Å². The predicted molar refractivity (Wildman–Crippen MR) is 77.2 cm³/mol. The van der Waals surface area contributed by atoms with Crippen LogP contribution in [0.2, 0.25) is 0 Å². The lowest BCUT2D eigenvalue weighted by Crippen LogP contribution is -2.48. The minimum atomic E-state index is -0.438. The molecule has 112 valence electrons. The lowest BCUT2D eigenvalue weighted by atomic mass is 9.57. The molecule has 1 aliphatic heterocycles. The summed E-state index contributed by atoms with van der Waals surface area (Å²) in [7, 11) is 0. The Morgan fingerprint density at radius 2 is 2.19 bits per heavy atom. The van der Waals surface area contributed by atoms with Gasteiger partial charge < -0.3 is 9.47 Å². The topological polar surface area (TPSA) is 52.6 Å². The Morgan fingerprint density at radius 1 is 1.48 bits per heavy atom. The van der Waals surface area contributed by atoms with Gasteiger partial charge in [0.2, 0.25) is 0 Å². The van der Waals surface area contributed by atoms with Gasteiger partial charge in [0.25, 0.3) is 0 Å². The molecule has 3 aliphatic rings. The van der Waals surface area contributed by atoms with Gasteiger partial charge in [-0.25, -0.2) is 4.79 Å². The average Bonchev–Trinajstić information content (AvgIpc) is 2.68. The molecule has 0 bridgehead atoms. The van der Waals surface area contributed by atoms with E-state index in [1.54, 1.807) is 0 Å². The molecule has 0 aromatic heterocycles. The van der Waals surface area contributed by atoms with Crippen LogP contribution in [-0.2, 0) is 19.1 Å². The summed E-state index contributed by atoms with van der Waals surface area (Å²) in [6.07, 6.45) is 5.14. The molecule has 0 N–H and O–H groups in total. The van der Waals surface area contributed by atoms with Gasteiger partial charge >= 0.3 is 11.9 Å². The average molecular weight is 288 g/mol. The van der Waals surface area contributed by atoms with Gasteiger partial charge in [-0.15, -0.1) is 0 Å². The van der Waals surface area contributed by atoms with E-state index in [0.29, 0.717) is 5.57 Å². The molecule has 3 rings (SSSR count). The molecule has 1 saturated heterocycles. The standard InChI is InChI=1S/C17H20O4/c1-9-12-5-7-17(4)8-6-13(20-11(3)18)10(2)14(17)15(12)21-16(9)19/h6,8,12-15H,1-2,5,7H2,3-4H3/t12-,13+,14+,15-,17-/m0/s1. The van der Waals surface area contributed by atoms with Crippen molar-refractivity contribution in [3.63, 3.8) is 0 Å². The van der Waals surface area contributed by atoms with Gasteiger partial charge in [0.05, 0.1) is 0 Å². The first kappa shape index (κ1) is 14.1. The molecule has 0 amide bonds. The predicted octanol–water partition coefficient (Wildman–Crippen LogP) is 2.56. The number of allylic oxidation sites excluding steroid dienone is 1. The summed E-state index contributed by atoms with van der Waals surface area (Å²) in [6.45, 7) is 11.5. The van der Waals surface area contributed by atoms with Crippen LogP contribution in [0, 0.1) is 17.3 Å². The number of carbonyl (C=O) groups is 2. The zero-order valence-corrected chi connectivity index (χ0v) is 12.4. The number of ether oxygens (including phenoxy) is 2. The first-order valence-corrected chi connectivity index (χ1v) is 7.28. The molecular weight excluding hydrogens is 268 g/mol. The summed E-state index contributed by atoms with van der Waals surface area (Å²) in [5, 5.41) is 0. The summed E-state index contributed by atoms with van der Waals surface area (Å²) in [4.78, 5) is 23.1. The van der Waals surface area contributed by atoms with Crippen LogP contribution in [0.25, 0.3) is 0 Å². The van der Waals surface area contributed by atoms with E-state index in [1.807, 2.05) is 6.08 Å². The van der Waals surface area contributed by atoms with Crippen LogP contribution in [0.1, 0.15) is 26.7 Å². The molecule has 1 saturated carbocycles. The molecular formula is C17H20O4. The molecule has 0 aromatic carbocycles. The first-order valence-electron chi connectivity index (χ1n) is 7.28. The van der Waals surface area contributed by atoms with Crippen LogP contribution >= 0.6 is 0 Å². The first-order chi connectivity index (χ1) is 9.83. The number of rotatable bonds is 1. The highest BCUT2D eigenvalue weighted by Gasteiger charge is 2.55. The highest BCUT2D eigenvalue weighted by Crippen LogP contribution is 2.55. The molecule has 21 heavy (non-hydrogen) atoms. The Hall–Kier alpha value is -1.84. The number of hydrogen-bond acceptors (Lipinski definition) is 4. The summed E-state index contributed by atoms with van der Waals surface area (Å²) in [6, 6.07) is 0. The Labute approximate surface area is 124 Å². The third-order valence-corrected chi connectivity index (χ3v) is 5.09. The smallest absolute Gasteiger partial charge is 0.334 e. The minimum Gasteiger partial charge on any atom is -0.458 e. The monoisotopic (exact) mass is 288 g/mol. The maximum atomic E-state index is 11.8. The molecule has 1 heterocycles. The van der Waals surface area contributed by atoms with Crippen molar-refractivity contribution in [1.29, 1.82) is 0 Å². The molecule has 4 heteroatoms. The lowest BCUT2D eigenvalue weighted by molar-refractivity contribution is -0.148. The van der Waals surface area contributed by atoms with Crippen molar-refractivity contribution in [3.05, 3.63) is 36.5 Å². The Bertz CT molecular complexity index is 573. The van der Waals surface area contributed by atoms with Crippen molar-refractivity contribution >= 4 is 11.9 Å². The van der Waals surface area contributed by atoms with E-state index in [-0.39, 0.29) is 35.3 Å². The minimum absolute atomic E-state index is 0.0335. The van der Waals surface area contributed by atoms with E-state index >= 15 is 0 Å². The van der Waals surface area contributed by atoms with Gasteiger partial charge in [-0.05, 0) is 29.9 Å². The number of hydrogen-bond donors (Lipinski definition) is 0. The fourth-order valence-electron chi connectivity index (χ4n) is 3.99. The molecule has 5 atom stereocenters. The van der Waals surface area contributed by atoms with Gasteiger partial charge in [-0.1, -0.05) is 26.2 Å². The molecule has 4 nitrogen and oxygen atoms in total. The van der Waals surface area contributed by atoms with Crippen molar-refractivity contribution in [2.75, 3.05) is 0 Å². The van der Waals surface area contributed by atoms with Gasteiger partial charge in [-0.2, -0.15) is 0 Å². The third kappa shape index (κ3) is 2.04. The maximum Gasteiger partial charge on any atom is 0.334 e. The molecule has 0 spiro atoms. The van der Waals surface area contributed by atoms with Gasteiger partial charge in [0.1, 0.15) is 12.2 Å². The molecule has 0 radical (unpaired) electrons. The maximum absolute atomic E-state index is 11.8. The Balaban J connectivity index is 1.96. The molecule has 2 fully saturated rings. The van der Waals surface area contributed by atoms with Crippen LogP contribution in [0.4, 0.5) is 0 Å². The number of carbonyl (C=O) groups excluding carboxylic acids is 2. The van der Waals surface area contributed by atoms with E-state index < -0.39 is 6.10 Å². The van der Waals surface area contributed by atoms with Crippen LogP contribution in [0.3, 0.4) is 0 Å². The molecule has 0 unspecified atom stereocenters. The van der Waals surface area contributed by atoms with E-state index in [4.69, 9.17) is 9.47 Å². The number of esters is 2. The van der Waals surface area contributed by atoms with Crippen LogP contribution in [0.5, 0.6) is 0 Å². The Morgan fingerprint density at radius 3 is 2.86 bits per heavy atom. The van der Waals surface area contributed by atoms with E-state index in [0.717, 1.165) is 18.4 Å². The molecule has 0 aromatic rings. The van der Waals surface area contributed by atoms with Gasteiger partial charge in [0, 0.05) is 24.3 Å². The lowest BCUT2D eigenvalue weighted by Gasteiger charge is -2.48. The second-order valence-corrected chi connectivity index (χ2v) is 6.49. The number of fused-ring (bicyclic) bond motifs is 3. The highest BCUT2D eigenvalue weighted by molar-refractivity contribution is 5.91. The van der Waals surface area contributed by atoms with Crippen LogP contribution < -0.4 is 0 Å². The summed E-state index contributed by atoms with van der Waals surface area (Å²) in [5.74, 6) is -0.624. The van der Waals surface area contributed by atoms with Crippen LogP contribution in [-0.4, -0.2) is 24.1 Å². The van der Waals surface area contributed by atoms with Crippen molar-refractivity contribution in [2.45, 2.75) is 38.9 Å². The second kappa shape index (κ2) is 4.58.